The van der Waals surface area contributed by atoms with E-state index < -0.39 is 0 Å². The van der Waals surface area contributed by atoms with Crippen molar-refractivity contribution in [2.24, 2.45) is 5.92 Å². The lowest BCUT2D eigenvalue weighted by Crippen LogP contribution is -2.24. The van der Waals surface area contributed by atoms with E-state index in [4.69, 9.17) is 0 Å². The zero-order valence-electron chi connectivity index (χ0n) is 13.8. The summed E-state index contributed by atoms with van der Waals surface area (Å²) in [6.45, 7) is 10.0. The Balaban J connectivity index is 1.79. The molecule has 0 aromatic carbocycles. The molecule has 21 heavy (non-hydrogen) atoms. The van der Waals surface area contributed by atoms with Gasteiger partial charge in [0.15, 0.2) is 0 Å². The van der Waals surface area contributed by atoms with Crippen molar-refractivity contribution in [2.45, 2.75) is 59.0 Å². The number of aromatic nitrogens is 1. The van der Waals surface area contributed by atoms with Gasteiger partial charge in [-0.25, -0.2) is 0 Å². The molecular weight excluding hydrogens is 258 g/mol. The third kappa shape index (κ3) is 5.76. The summed E-state index contributed by atoms with van der Waals surface area (Å²) in [6.07, 6.45) is 8.66. The Morgan fingerprint density at radius 3 is 2.86 bits per heavy atom. The minimum Gasteiger partial charge on any atom is -0.313 e. The van der Waals surface area contributed by atoms with E-state index in [1.165, 1.54) is 56.5 Å². The van der Waals surface area contributed by atoms with Gasteiger partial charge in [0.2, 0.25) is 0 Å². The smallest absolute Gasteiger partial charge is 0.0544 e. The lowest BCUT2D eigenvalue weighted by Gasteiger charge is -2.19. The van der Waals surface area contributed by atoms with Gasteiger partial charge in [0, 0.05) is 19.3 Å². The van der Waals surface area contributed by atoms with E-state index in [9.17, 15) is 0 Å². The van der Waals surface area contributed by atoms with Crippen molar-refractivity contribution >= 4 is 0 Å². The zero-order valence-corrected chi connectivity index (χ0v) is 13.8. The van der Waals surface area contributed by atoms with Crippen LogP contribution in [0.15, 0.2) is 18.3 Å². The quantitative estimate of drug-likeness (QED) is 0.778. The monoisotopic (exact) mass is 289 g/mol. The van der Waals surface area contributed by atoms with Crippen molar-refractivity contribution in [1.82, 2.24) is 15.2 Å². The maximum atomic E-state index is 4.64. The highest BCUT2D eigenvalue weighted by molar-refractivity contribution is 5.14. The molecule has 3 nitrogen and oxygen atoms in total. The largest absolute Gasteiger partial charge is 0.313 e. The number of hydrogen-bond donors (Lipinski definition) is 1. The van der Waals surface area contributed by atoms with Gasteiger partial charge in [-0.1, -0.05) is 26.3 Å². The normalized spacial score (nSPS) is 20.4. The highest BCUT2D eigenvalue weighted by atomic mass is 15.1. The van der Waals surface area contributed by atoms with Crippen LogP contribution in [0.5, 0.6) is 0 Å². The summed E-state index contributed by atoms with van der Waals surface area (Å²) in [4.78, 5) is 7.22. The van der Waals surface area contributed by atoms with Crippen LogP contribution in [0.2, 0.25) is 0 Å². The van der Waals surface area contributed by atoms with Gasteiger partial charge in [-0.15, -0.1) is 0 Å². The lowest BCUT2D eigenvalue weighted by atomic mass is 9.98. The molecule has 0 bridgehead atoms. The Hall–Kier alpha value is -0.930. The second-order valence-corrected chi connectivity index (χ2v) is 6.32. The van der Waals surface area contributed by atoms with E-state index in [1.807, 2.05) is 6.20 Å². The Bertz CT molecular complexity index is 388. The van der Waals surface area contributed by atoms with Crippen molar-refractivity contribution in [3.63, 3.8) is 0 Å². The van der Waals surface area contributed by atoms with Crippen LogP contribution in [-0.2, 0) is 13.1 Å². The molecule has 2 rings (SSSR count). The van der Waals surface area contributed by atoms with Crippen molar-refractivity contribution in [2.75, 3.05) is 19.6 Å². The van der Waals surface area contributed by atoms with Gasteiger partial charge in [-0.2, -0.15) is 0 Å². The molecule has 1 unspecified atom stereocenters. The summed E-state index contributed by atoms with van der Waals surface area (Å²) in [7, 11) is 0. The van der Waals surface area contributed by atoms with Crippen LogP contribution in [0, 0.1) is 5.92 Å². The highest BCUT2D eigenvalue weighted by Gasteiger charge is 2.15. The van der Waals surface area contributed by atoms with Gasteiger partial charge in [0.1, 0.15) is 0 Å². The van der Waals surface area contributed by atoms with Gasteiger partial charge in [-0.3, -0.25) is 9.88 Å². The predicted octanol–water partition coefficient (Wildman–Crippen LogP) is 3.59. The molecule has 2 heterocycles. The summed E-state index contributed by atoms with van der Waals surface area (Å²) >= 11 is 0. The standard InChI is InChI=1S/C18H31N3/c1-3-10-19-13-17-7-8-18(20-14-17)15-21-11-5-6-16(4-2)9-12-21/h7-8,14,16,19H,3-6,9-13,15H2,1-2H3. The number of hydrogen-bond acceptors (Lipinski definition) is 3. The molecule has 0 saturated carbocycles. The van der Waals surface area contributed by atoms with Crippen molar-refractivity contribution < 1.29 is 0 Å². The molecule has 1 fully saturated rings. The Morgan fingerprint density at radius 1 is 1.24 bits per heavy atom. The fraction of sp³-hybridized carbons (Fsp3) is 0.722. The number of nitrogens with zero attached hydrogens (tertiary/aromatic N) is 2. The topological polar surface area (TPSA) is 28.2 Å². The Morgan fingerprint density at radius 2 is 2.14 bits per heavy atom. The summed E-state index contributed by atoms with van der Waals surface area (Å²) in [5, 5.41) is 3.42. The fourth-order valence-electron chi connectivity index (χ4n) is 3.08. The van der Waals surface area contributed by atoms with Crippen LogP contribution in [0.1, 0.15) is 57.2 Å². The molecule has 118 valence electrons. The third-order valence-electron chi connectivity index (χ3n) is 4.55. The predicted molar refractivity (Wildman–Crippen MR) is 89.1 cm³/mol. The third-order valence-corrected chi connectivity index (χ3v) is 4.55. The minimum atomic E-state index is 0.934. The first-order valence-corrected chi connectivity index (χ1v) is 8.68. The molecule has 1 aliphatic heterocycles. The average molecular weight is 289 g/mol. The highest BCUT2D eigenvalue weighted by Crippen LogP contribution is 2.21. The number of nitrogens with one attached hydrogen (secondary N) is 1. The van der Waals surface area contributed by atoms with E-state index in [2.05, 4.69) is 41.2 Å². The molecule has 0 spiro atoms. The first kappa shape index (κ1) is 16.4. The van der Waals surface area contributed by atoms with E-state index in [1.54, 1.807) is 0 Å². The summed E-state index contributed by atoms with van der Waals surface area (Å²) < 4.78 is 0. The first-order valence-electron chi connectivity index (χ1n) is 8.68. The first-order chi connectivity index (χ1) is 10.3. The molecule has 3 heteroatoms. The van der Waals surface area contributed by atoms with Crippen LogP contribution >= 0.6 is 0 Å². The number of likely N-dealkylation sites (tertiary alicyclic amines) is 1. The van der Waals surface area contributed by atoms with Gasteiger partial charge >= 0.3 is 0 Å². The minimum absolute atomic E-state index is 0.934. The van der Waals surface area contributed by atoms with Gasteiger partial charge < -0.3 is 5.32 Å². The van der Waals surface area contributed by atoms with E-state index in [0.717, 1.165) is 25.6 Å². The second-order valence-electron chi connectivity index (χ2n) is 6.32. The molecule has 1 atom stereocenters. The summed E-state index contributed by atoms with van der Waals surface area (Å²) in [5.41, 5.74) is 2.50. The van der Waals surface area contributed by atoms with Crippen LogP contribution in [-0.4, -0.2) is 29.5 Å². The second kappa shape index (κ2) is 9.16. The van der Waals surface area contributed by atoms with E-state index >= 15 is 0 Å². The molecule has 1 N–H and O–H groups in total. The molecule has 0 aliphatic carbocycles. The number of pyridine rings is 1. The molecule has 1 aromatic rings. The van der Waals surface area contributed by atoms with Crippen LogP contribution < -0.4 is 5.32 Å². The Kier molecular flexibility index (Phi) is 7.17. The van der Waals surface area contributed by atoms with Crippen molar-refractivity contribution in [3.8, 4) is 0 Å². The maximum absolute atomic E-state index is 4.64. The van der Waals surface area contributed by atoms with E-state index in [-0.39, 0.29) is 0 Å². The van der Waals surface area contributed by atoms with Crippen LogP contribution in [0.3, 0.4) is 0 Å². The van der Waals surface area contributed by atoms with Gasteiger partial charge in [0.25, 0.3) is 0 Å². The van der Waals surface area contributed by atoms with Crippen LogP contribution in [0.25, 0.3) is 0 Å². The fourth-order valence-corrected chi connectivity index (χ4v) is 3.08. The lowest BCUT2D eigenvalue weighted by molar-refractivity contribution is 0.269. The summed E-state index contributed by atoms with van der Waals surface area (Å²) in [5.74, 6) is 0.940. The number of rotatable bonds is 7. The molecule has 1 saturated heterocycles. The van der Waals surface area contributed by atoms with Gasteiger partial charge in [0.05, 0.1) is 5.69 Å². The average Bonchev–Trinajstić information content (AvgIpc) is 2.74. The zero-order chi connectivity index (χ0) is 14.9. The SMILES string of the molecule is CCCNCc1ccc(CN2CCCC(CC)CC2)nc1. The molecule has 0 radical (unpaired) electrons. The molecule has 1 aliphatic rings. The molecule has 0 amide bonds. The van der Waals surface area contributed by atoms with Crippen molar-refractivity contribution in [1.29, 1.82) is 0 Å². The maximum Gasteiger partial charge on any atom is 0.0544 e. The Labute approximate surface area is 130 Å². The van der Waals surface area contributed by atoms with E-state index in [0.29, 0.717) is 0 Å². The molecule has 1 aromatic heterocycles. The summed E-state index contributed by atoms with van der Waals surface area (Å²) in [6, 6.07) is 4.42. The van der Waals surface area contributed by atoms with Crippen LogP contribution in [0.4, 0.5) is 0 Å². The van der Waals surface area contributed by atoms with Crippen molar-refractivity contribution in [3.05, 3.63) is 29.6 Å². The molecular formula is C18H31N3. The van der Waals surface area contributed by atoms with Gasteiger partial charge in [-0.05, 0) is 62.9 Å².